The fraction of sp³-hybridized carbons (Fsp3) is 0.214. The minimum atomic E-state index is -0.0601. The van der Waals surface area contributed by atoms with Gasteiger partial charge in [-0.3, -0.25) is 15.2 Å². The first-order valence-corrected chi connectivity index (χ1v) is 6.78. The van der Waals surface area contributed by atoms with Crippen LogP contribution >= 0.6 is 11.3 Å². The van der Waals surface area contributed by atoms with Gasteiger partial charge in [0, 0.05) is 6.54 Å². The first-order valence-electron chi connectivity index (χ1n) is 5.90. The van der Waals surface area contributed by atoms with Crippen molar-refractivity contribution in [3.05, 3.63) is 52.2 Å². The number of carbonyl (C=O) groups excluding carboxylic acids is 1. The number of rotatable bonds is 4. The topological polar surface area (TPSA) is 32.3 Å². The van der Waals surface area contributed by atoms with Gasteiger partial charge < -0.3 is 0 Å². The van der Waals surface area contributed by atoms with E-state index < -0.39 is 0 Å². The average Bonchev–Trinajstić information content (AvgIpc) is 2.90. The molecule has 0 radical (unpaired) electrons. The van der Waals surface area contributed by atoms with Gasteiger partial charge in [0.2, 0.25) is 0 Å². The molecule has 0 spiro atoms. The van der Waals surface area contributed by atoms with Gasteiger partial charge in [0.25, 0.3) is 5.91 Å². The Morgan fingerprint density at radius 2 is 2.06 bits per heavy atom. The number of nitrogens with one attached hydrogen (secondary N) is 1. The number of anilines is 1. The highest BCUT2D eigenvalue weighted by Crippen LogP contribution is 2.18. The lowest BCUT2D eigenvalue weighted by Crippen LogP contribution is -2.42. The molecule has 0 aliphatic heterocycles. The van der Waals surface area contributed by atoms with Gasteiger partial charge in [0.05, 0.1) is 10.6 Å². The number of para-hydroxylation sites is 1. The zero-order chi connectivity index (χ0) is 13.0. The van der Waals surface area contributed by atoms with E-state index in [9.17, 15) is 4.79 Å². The van der Waals surface area contributed by atoms with Crippen molar-refractivity contribution in [2.24, 2.45) is 0 Å². The summed E-state index contributed by atoms with van der Waals surface area (Å²) in [5.74, 6) is -0.0601. The van der Waals surface area contributed by atoms with Crippen LogP contribution in [0.5, 0.6) is 0 Å². The molecule has 4 heteroatoms. The molecule has 0 aliphatic rings. The molecule has 0 saturated carbocycles. The summed E-state index contributed by atoms with van der Waals surface area (Å²) >= 11 is 1.44. The summed E-state index contributed by atoms with van der Waals surface area (Å²) in [5.41, 5.74) is 5.11. The average molecular weight is 260 g/mol. The fourth-order valence-corrected chi connectivity index (χ4v) is 2.37. The SMILES string of the molecule is CCN(NC(=O)c1cccs1)c1ccccc1C. The molecule has 1 amide bonds. The van der Waals surface area contributed by atoms with Gasteiger partial charge in [-0.15, -0.1) is 11.3 Å². The van der Waals surface area contributed by atoms with Gasteiger partial charge in [0.15, 0.2) is 0 Å². The molecular weight excluding hydrogens is 244 g/mol. The molecule has 0 saturated heterocycles. The Balaban J connectivity index is 2.16. The highest BCUT2D eigenvalue weighted by molar-refractivity contribution is 7.12. The number of thiophene rings is 1. The molecule has 0 unspecified atom stereocenters. The van der Waals surface area contributed by atoms with E-state index >= 15 is 0 Å². The monoisotopic (exact) mass is 260 g/mol. The second-order valence-electron chi connectivity index (χ2n) is 3.95. The van der Waals surface area contributed by atoms with Crippen LogP contribution in [0.4, 0.5) is 5.69 Å². The molecule has 2 rings (SSSR count). The third-order valence-electron chi connectivity index (χ3n) is 2.70. The Kier molecular flexibility index (Phi) is 3.99. The zero-order valence-electron chi connectivity index (χ0n) is 10.5. The van der Waals surface area contributed by atoms with Crippen molar-refractivity contribution < 1.29 is 4.79 Å². The molecular formula is C14H16N2OS. The molecule has 94 valence electrons. The van der Waals surface area contributed by atoms with E-state index in [0.29, 0.717) is 0 Å². The summed E-state index contributed by atoms with van der Waals surface area (Å²) < 4.78 is 0. The highest BCUT2D eigenvalue weighted by Gasteiger charge is 2.12. The maximum atomic E-state index is 12.0. The van der Waals surface area contributed by atoms with Crippen LogP contribution in [0.15, 0.2) is 41.8 Å². The van der Waals surface area contributed by atoms with Crippen molar-refractivity contribution in [3.8, 4) is 0 Å². The predicted octanol–water partition coefficient (Wildman–Crippen LogP) is 3.23. The quantitative estimate of drug-likeness (QED) is 0.856. The molecule has 0 atom stereocenters. The number of hydrazine groups is 1. The van der Waals surface area contributed by atoms with E-state index in [0.717, 1.165) is 22.7 Å². The van der Waals surface area contributed by atoms with E-state index in [4.69, 9.17) is 0 Å². The minimum Gasteiger partial charge on any atom is -0.285 e. The summed E-state index contributed by atoms with van der Waals surface area (Å²) in [6.45, 7) is 4.78. The zero-order valence-corrected chi connectivity index (χ0v) is 11.3. The third kappa shape index (κ3) is 2.71. The molecule has 0 aliphatic carbocycles. The van der Waals surface area contributed by atoms with Crippen LogP contribution in [0, 0.1) is 6.92 Å². The van der Waals surface area contributed by atoms with E-state index in [-0.39, 0.29) is 5.91 Å². The maximum absolute atomic E-state index is 12.0. The second-order valence-corrected chi connectivity index (χ2v) is 4.90. The van der Waals surface area contributed by atoms with Crippen molar-refractivity contribution in [1.82, 2.24) is 5.43 Å². The molecule has 1 N–H and O–H groups in total. The molecule has 1 aromatic heterocycles. The van der Waals surface area contributed by atoms with Gasteiger partial charge in [-0.2, -0.15) is 0 Å². The standard InChI is InChI=1S/C14H16N2OS/c1-3-16(12-8-5-4-7-11(12)2)15-14(17)13-9-6-10-18-13/h4-10H,3H2,1-2H3,(H,15,17). The second kappa shape index (κ2) is 5.69. The van der Waals surface area contributed by atoms with Crippen molar-refractivity contribution in [2.45, 2.75) is 13.8 Å². The number of aryl methyl sites for hydroxylation is 1. The largest absolute Gasteiger partial charge is 0.285 e. The van der Waals surface area contributed by atoms with Gasteiger partial charge in [-0.25, -0.2) is 0 Å². The van der Waals surface area contributed by atoms with E-state index in [2.05, 4.69) is 5.43 Å². The van der Waals surface area contributed by atoms with Crippen LogP contribution in [0.2, 0.25) is 0 Å². The Bertz CT molecular complexity index is 522. The van der Waals surface area contributed by atoms with E-state index in [1.54, 1.807) is 0 Å². The van der Waals surface area contributed by atoms with Crippen molar-refractivity contribution in [3.63, 3.8) is 0 Å². The smallest absolute Gasteiger partial charge is 0.279 e. The summed E-state index contributed by atoms with van der Waals surface area (Å²) in [6.07, 6.45) is 0. The van der Waals surface area contributed by atoms with Gasteiger partial charge in [-0.05, 0) is 36.9 Å². The third-order valence-corrected chi connectivity index (χ3v) is 3.57. The first kappa shape index (κ1) is 12.6. The van der Waals surface area contributed by atoms with Crippen LogP contribution in [0.3, 0.4) is 0 Å². The number of amides is 1. The number of benzene rings is 1. The summed E-state index contributed by atoms with van der Waals surface area (Å²) in [7, 11) is 0. The number of hydrogen-bond acceptors (Lipinski definition) is 3. The summed E-state index contributed by atoms with van der Waals surface area (Å²) in [6, 6.07) is 11.7. The van der Waals surface area contributed by atoms with Crippen LogP contribution in [-0.4, -0.2) is 12.5 Å². The van der Waals surface area contributed by atoms with Crippen LogP contribution in [0.25, 0.3) is 0 Å². The Morgan fingerprint density at radius 3 is 2.67 bits per heavy atom. The normalized spacial score (nSPS) is 10.1. The number of hydrogen-bond donors (Lipinski definition) is 1. The lowest BCUT2D eigenvalue weighted by Gasteiger charge is -2.25. The Hall–Kier alpha value is -1.81. The molecule has 18 heavy (non-hydrogen) atoms. The van der Waals surface area contributed by atoms with Gasteiger partial charge in [-0.1, -0.05) is 24.3 Å². The van der Waals surface area contributed by atoms with E-state index in [1.807, 2.05) is 60.6 Å². The lowest BCUT2D eigenvalue weighted by atomic mass is 10.2. The fourth-order valence-electron chi connectivity index (χ4n) is 1.76. The first-order chi connectivity index (χ1) is 8.72. The van der Waals surface area contributed by atoms with Crippen LogP contribution in [-0.2, 0) is 0 Å². The summed E-state index contributed by atoms with van der Waals surface area (Å²) in [4.78, 5) is 12.7. The van der Waals surface area contributed by atoms with E-state index in [1.165, 1.54) is 11.3 Å². The molecule has 0 fully saturated rings. The maximum Gasteiger partial charge on any atom is 0.279 e. The van der Waals surface area contributed by atoms with Crippen molar-refractivity contribution >= 4 is 22.9 Å². The molecule has 2 aromatic rings. The predicted molar refractivity (Wildman–Crippen MR) is 76.0 cm³/mol. The minimum absolute atomic E-state index is 0.0601. The van der Waals surface area contributed by atoms with Crippen molar-refractivity contribution in [2.75, 3.05) is 11.6 Å². The summed E-state index contributed by atoms with van der Waals surface area (Å²) in [5, 5.41) is 3.77. The molecule has 0 bridgehead atoms. The number of nitrogens with zero attached hydrogens (tertiary/aromatic N) is 1. The highest BCUT2D eigenvalue weighted by atomic mass is 32.1. The van der Waals surface area contributed by atoms with Gasteiger partial charge >= 0.3 is 0 Å². The van der Waals surface area contributed by atoms with Crippen LogP contribution < -0.4 is 10.4 Å². The molecule has 1 aromatic carbocycles. The Morgan fingerprint density at radius 1 is 1.28 bits per heavy atom. The van der Waals surface area contributed by atoms with Gasteiger partial charge in [0.1, 0.15) is 0 Å². The Labute approximate surface area is 111 Å². The number of carbonyl (C=O) groups is 1. The lowest BCUT2D eigenvalue weighted by molar-refractivity contribution is 0.0953. The molecule has 3 nitrogen and oxygen atoms in total. The van der Waals surface area contributed by atoms with Crippen LogP contribution in [0.1, 0.15) is 22.2 Å². The van der Waals surface area contributed by atoms with Crippen molar-refractivity contribution in [1.29, 1.82) is 0 Å². The molecule has 1 heterocycles.